The van der Waals surface area contributed by atoms with E-state index >= 15 is 0 Å². The lowest BCUT2D eigenvalue weighted by Gasteiger charge is -2.50. The Hall–Kier alpha value is 0.110. The minimum Gasteiger partial charge on any atom is -0.328 e. The van der Waals surface area contributed by atoms with E-state index in [-0.39, 0.29) is 36.7 Å². The van der Waals surface area contributed by atoms with Crippen LogP contribution in [0.5, 0.6) is 0 Å². The molecule has 2 aliphatic carbocycles. The fraction of sp³-hybridized carbons (Fsp3) is 1.00. The SMILES string of the molecule is Cl.NC1CC2(CCC(F)(F)CC2)C1. The van der Waals surface area contributed by atoms with Gasteiger partial charge in [-0.2, -0.15) is 0 Å². The minimum absolute atomic E-state index is 0. The molecule has 0 bridgehead atoms. The molecule has 78 valence electrons. The summed E-state index contributed by atoms with van der Waals surface area (Å²) < 4.78 is 25.5. The van der Waals surface area contributed by atoms with Gasteiger partial charge in [0.1, 0.15) is 0 Å². The van der Waals surface area contributed by atoms with Crippen LogP contribution in [0.4, 0.5) is 8.78 Å². The van der Waals surface area contributed by atoms with Gasteiger partial charge in [0.15, 0.2) is 0 Å². The van der Waals surface area contributed by atoms with Crippen molar-refractivity contribution in [2.24, 2.45) is 11.1 Å². The molecule has 0 saturated heterocycles. The lowest BCUT2D eigenvalue weighted by Crippen LogP contribution is -2.49. The van der Waals surface area contributed by atoms with Crippen molar-refractivity contribution in [1.82, 2.24) is 0 Å². The molecule has 2 saturated carbocycles. The number of alkyl halides is 2. The first-order valence-corrected chi connectivity index (χ1v) is 4.65. The van der Waals surface area contributed by atoms with Gasteiger partial charge in [0.05, 0.1) is 0 Å². The highest BCUT2D eigenvalue weighted by Gasteiger charge is 2.49. The second-order valence-electron chi connectivity index (χ2n) is 4.52. The third-order valence-electron chi connectivity index (χ3n) is 3.43. The molecule has 2 aliphatic rings. The molecule has 0 radical (unpaired) electrons. The predicted octanol–water partition coefficient (Wildman–Crippen LogP) is 2.73. The largest absolute Gasteiger partial charge is 0.328 e. The standard InChI is InChI=1S/C9H15F2N.ClH/c10-9(11)3-1-8(2-4-9)5-7(12)6-8;/h7H,1-6,12H2;1H. The molecule has 2 fully saturated rings. The van der Waals surface area contributed by atoms with E-state index in [0.29, 0.717) is 12.8 Å². The maximum atomic E-state index is 12.8. The van der Waals surface area contributed by atoms with Crippen LogP contribution in [-0.4, -0.2) is 12.0 Å². The molecule has 0 unspecified atom stereocenters. The summed E-state index contributed by atoms with van der Waals surface area (Å²) in [7, 11) is 0. The van der Waals surface area contributed by atoms with Gasteiger partial charge in [-0.1, -0.05) is 0 Å². The van der Waals surface area contributed by atoms with Crippen LogP contribution >= 0.6 is 12.4 Å². The maximum Gasteiger partial charge on any atom is 0.248 e. The zero-order valence-corrected chi connectivity index (χ0v) is 8.38. The zero-order chi connectivity index (χ0) is 8.82. The van der Waals surface area contributed by atoms with E-state index in [4.69, 9.17) is 5.73 Å². The van der Waals surface area contributed by atoms with E-state index in [9.17, 15) is 8.78 Å². The molecule has 0 aromatic rings. The van der Waals surface area contributed by atoms with Crippen LogP contribution in [0, 0.1) is 5.41 Å². The Morgan fingerprint density at radius 2 is 1.46 bits per heavy atom. The summed E-state index contributed by atoms with van der Waals surface area (Å²) in [5, 5.41) is 0. The van der Waals surface area contributed by atoms with Gasteiger partial charge in [0, 0.05) is 18.9 Å². The Morgan fingerprint density at radius 1 is 1.00 bits per heavy atom. The Labute approximate surface area is 83.5 Å². The Kier molecular flexibility index (Phi) is 2.89. The van der Waals surface area contributed by atoms with Gasteiger partial charge in [-0.3, -0.25) is 0 Å². The third-order valence-corrected chi connectivity index (χ3v) is 3.43. The second kappa shape index (κ2) is 3.35. The van der Waals surface area contributed by atoms with Crippen molar-refractivity contribution < 1.29 is 8.78 Å². The molecular weight excluding hydrogens is 196 g/mol. The van der Waals surface area contributed by atoms with Crippen LogP contribution in [0.25, 0.3) is 0 Å². The van der Waals surface area contributed by atoms with Crippen LogP contribution in [0.15, 0.2) is 0 Å². The summed E-state index contributed by atoms with van der Waals surface area (Å²) in [6.45, 7) is 0. The lowest BCUT2D eigenvalue weighted by molar-refractivity contribution is -0.0906. The number of halogens is 3. The maximum absolute atomic E-state index is 12.8. The minimum atomic E-state index is -2.38. The van der Waals surface area contributed by atoms with Crippen molar-refractivity contribution in [3.8, 4) is 0 Å². The van der Waals surface area contributed by atoms with Crippen molar-refractivity contribution >= 4 is 12.4 Å². The summed E-state index contributed by atoms with van der Waals surface area (Å²) in [6, 6.07) is 0.289. The highest BCUT2D eigenvalue weighted by molar-refractivity contribution is 5.85. The topological polar surface area (TPSA) is 26.0 Å². The molecule has 0 amide bonds. The summed E-state index contributed by atoms with van der Waals surface area (Å²) >= 11 is 0. The van der Waals surface area contributed by atoms with Gasteiger partial charge in [-0.15, -0.1) is 12.4 Å². The highest BCUT2D eigenvalue weighted by atomic mass is 35.5. The molecule has 13 heavy (non-hydrogen) atoms. The Bertz CT molecular complexity index is 178. The number of rotatable bonds is 0. The molecule has 0 aromatic heterocycles. The van der Waals surface area contributed by atoms with Crippen molar-refractivity contribution in [1.29, 1.82) is 0 Å². The van der Waals surface area contributed by atoms with Gasteiger partial charge in [-0.05, 0) is 31.1 Å². The van der Waals surface area contributed by atoms with Gasteiger partial charge in [-0.25, -0.2) is 8.78 Å². The first-order chi connectivity index (χ1) is 5.52. The van der Waals surface area contributed by atoms with Crippen LogP contribution in [0.3, 0.4) is 0 Å². The van der Waals surface area contributed by atoms with Crippen molar-refractivity contribution in [3.63, 3.8) is 0 Å². The normalized spacial score (nSPS) is 30.7. The van der Waals surface area contributed by atoms with E-state index in [2.05, 4.69) is 0 Å². The smallest absolute Gasteiger partial charge is 0.248 e. The number of nitrogens with two attached hydrogens (primary N) is 1. The van der Waals surface area contributed by atoms with Crippen LogP contribution in [0.2, 0.25) is 0 Å². The quantitative estimate of drug-likeness (QED) is 0.655. The third kappa shape index (κ3) is 2.13. The van der Waals surface area contributed by atoms with E-state index in [1.807, 2.05) is 0 Å². The highest BCUT2D eigenvalue weighted by Crippen LogP contribution is 2.54. The Balaban J connectivity index is 0.000000845. The molecule has 0 atom stereocenters. The van der Waals surface area contributed by atoms with Gasteiger partial charge < -0.3 is 5.73 Å². The lowest BCUT2D eigenvalue weighted by atomic mass is 9.58. The fourth-order valence-electron chi connectivity index (χ4n) is 2.61. The second-order valence-corrected chi connectivity index (χ2v) is 4.52. The van der Waals surface area contributed by atoms with Crippen LogP contribution < -0.4 is 5.73 Å². The molecular formula is C9H16ClF2N. The molecule has 4 heteroatoms. The van der Waals surface area contributed by atoms with E-state index in [1.54, 1.807) is 0 Å². The molecule has 1 spiro atoms. The van der Waals surface area contributed by atoms with Crippen LogP contribution in [0.1, 0.15) is 38.5 Å². The van der Waals surface area contributed by atoms with E-state index in [0.717, 1.165) is 12.8 Å². The monoisotopic (exact) mass is 211 g/mol. The van der Waals surface area contributed by atoms with Gasteiger partial charge >= 0.3 is 0 Å². The summed E-state index contributed by atoms with van der Waals surface area (Å²) in [5.74, 6) is -2.38. The summed E-state index contributed by atoms with van der Waals surface area (Å²) in [6.07, 6.45) is 3.49. The van der Waals surface area contributed by atoms with E-state index < -0.39 is 5.92 Å². The van der Waals surface area contributed by atoms with Gasteiger partial charge in [0.25, 0.3) is 0 Å². The molecule has 0 aliphatic heterocycles. The average molecular weight is 212 g/mol. The number of hydrogen-bond acceptors (Lipinski definition) is 1. The van der Waals surface area contributed by atoms with E-state index in [1.165, 1.54) is 0 Å². The first-order valence-electron chi connectivity index (χ1n) is 4.65. The van der Waals surface area contributed by atoms with Crippen molar-refractivity contribution in [3.05, 3.63) is 0 Å². The van der Waals surface area contributed by atoms with Crippen molar-refractivity contribution in [2.75, 3.05) is 0 Å². The molecule has 2 rings (SSSR count). The van der Waals surface area contributed by atoms with Crippen LogP contribution in [-0.2, 0) is 0 Å². The fourth-order valence-corrected chi connectivity index (χ4v) is 2.61. The first kappa shape index (κ1) is 11.2. The Morgan fingerprint density at radius 3 is 1.85 bits per heavy atom. The molecule has 2 N–H and O–H groups in total. The van der Waals surface area contributed by atoms with Gasteiger partial charge in [0.2, 0.25) is 5.92 Å². The zero-order valence-electron chi connectivity index (χ0n) is 7.56. The summed E-state index contributed by atoms with van der Waals surface area (Å²) in [5.41, 5.74) is 5.89. The average Bonchev–Trinajstić information content (AvgIpc) is 1.92. The van der Waals surface area contributed by atoms with Crippen molar-refractivity contribution in [2.45, 2.75) is 50.5 Å². The number of hydrogen-bond donors (Lipinski definition) is 1. The molecule has 0 aromatic carbocycles. The molecule has 0 heterocycles. The summed E-state index contributed by atoms with van der Waals surface area (Å²) in [4.78, 5) is 0. The predicted molar refractivity (Wildman–Crippen MR) is 50.3 cm³/mol. The molecule has 1 nitrogen and oxygen atoms in total.